The van der Waals surface area contributed by atoms with Crippen molar-refractivity contribution in [1.29, 1.82) is 0 Å². The lowest BCUT2D eigenvalue weighted by atomic mass is 10.1. The molecule has 1 saturated heterocycles. The van der Waals surface area contributed by atoms with Crippen LogP contribution >= 0.6 is 0 Å². The van der Waals surface area contributed by atoms with Gasteiger partial charge in [-0.25, -0.2) is 9.18 Å². The van der Waals surface area contributed by atoms with Gasteiger partial charge in [0.05, 0.1) is 0 Å². The summed E-state index contributed by atoms with van der Waals surface area (Å²) < 4.78 is 18.4. The Kier molecular flexibility index (Phi) is 6.77. The molecule has 7 heteroatoms. The van der Waals surface area contributed by atoms with Crippen molar-refractivity contribution >= 4 is 12.0 Å². The third kappa shape index (κ3) is 6.42. The van der Waals surface area contributed by atoms with Crippen LogP contribution in [0.1, 0.15) is 45.1 Å². The van der Waals surface area contributed by atoms with Crippen molar-refractivity contribution in [3.8, 4) is 0 Å². The topological polar surface area (TPSA) is 61.9 Å². The van der Waals surface area contributed by atoms with Crippen LogP contribution in [0.25, 0.3) is 0 Å². The van der Waals surface area contributed by atoms with Crippen molar-refractivity contribution in [2.45, 2.75) is 45.1 Å². The van der Waals surface area contributed by atoms with Crippen LogP contribution in [0.5, 0.6) is 0 Å². The number of benzene rings is 1. The minimum atomic E-state index is -0.469. The molecule has 2 atom stereocenters. The fourth-order valence-electron chi connectivity index (χ4n) is 3.69. The summed E-state index contributed by atoms with van der Waals surface area (Å²) in [7, 11) is 0. The van der Waals surface area contributed by atoms with Crippen molar-refractivity contribution < 1.29 is 18.7 Å². The van der Waals surface area contributed by atoms with E-state index in [0.29, 0.717) is 19.6 Å². The second-order valence-corrected chi connectivity index (χ2v) is 8.95. The fraction of sp³-hybridized carbons (Fsp3) is 0.636. The Morgan fingerprint density at radius 3 is 2.41 bits per heavy atom. The molecule has 2 amide bonds. The molecule has 1 aromatic carbocycles. The van der Waals surface area contributed by atoms with Gasteiger partial charge in [0, 0.05) is 38.6 Å². The Balaban J connectivity index is 1.28. The number of piperazine rings is 1. The lowest BCUT2D eigenvalue weighted by Crippen LogP contribution is -2.50. The van der Waals surface area contributed by atoms with E-state index in [1.807, 2.05) is 20.8 Å². The van der Waals surface area contributed by atoms with Crippen LogP contribution in [0.2, 0.25) is 0 Å². The smallest absolute Gasteiger partial charge is 0.410 e. The summed E-state index contributed by atoms with van der Waals surface area (Å²) in [4.78, 5) is 28.4. The van der Waals surface area contributed by atoms with Gasteiger partial charge in [-0.1, -0.05) is 12.1 Å². The van der Waals surface area contributed by atoms with E-state index in [-0.39, 0.29) is 29.7 Å². The van der Waals surface area contributed by atoms with Crippen molar-refractivity contribution in [1.82, 2.24) is 15.1 Å². The molecule has 1 saturated carbocycles. The van der Waals surface area contributed by atoms with Gasteiger partial charge in [-0.2, -0.15) is 0 Å². The van der Waals surface area contributed by atoms with Gasteiger partial charge in [-0.05, 0) is 63.8 Å². The summed E-state index contributed by atoms with van der Waals surface area (Å²) in [5.41, 5.74) is 0.568. The highest BCUT2D eigenvalue weighted by molar-refractivity contribution is 5.82. The zero-order valence-corrected chi connectivity index (χ0v) is 17.6. The summed E-state index contributed by atoms with van der Waals surface area (Å²) >= 11 is 0. The maximum Gasteiger partial charge on any atom is 0.410 e. The Morgan fingerprint density at radius 1 is 1.14 bits per heavy atom. The number of nitrogens with zero attached hydrogens (tertiary/aromatic N) is 2. The van der Waals surface area contributed by atoms with E-state index in [9.17, 15) is 14.0 Å². The molecule has 160 valence electrons. The molecule has 0 bridgehead atoms. The molecule has 2 unspecified atom stereocenters. The Hall–Kier alpha value is -2.15. The van der Waals surface area contributed by atoms with E-state index < -0.39 is 5.60 Å². The van der Waals surface area contributed by atoms with Gasteiger partial charge >= 0.3 is 6.09 Å². The summed E-state index contributed by atoms with van der Waals surface area (Å²) in [5.74, 6) is 0.0748. The monoisotopic (exact) mass is 405 g/mol. The first-order valence-electron chi connectivity index (χ1n) is 10.5. The van der Waals surface area contributed by atoms with Gasteiger partial charge in [-0.15, -0.1) is 0 Å². The first-order chi connectivity index (χ1) is 13.7. The molecule has 6 nitrogen and oxygen atoms in total. The van der Waals surface area contributed by atoms with Crippen molar-refractivity contribution in [2.75, 3.05) is 39.3 Å². The molecule has 0 aromatic heterocycles. The van der Waals surface area contributed by atoms with Crippen molar-refractivity contribution in [2.24, 2.45) is 5.92 Å². The highest BCUT2D eigenvalue weighted by Crippen LogP contribution is 2.47. The predicted molar refractivity (Wildman–Crippen MR) is 109 cm³/mol. The van der Waals surface area contributed by atoms with E-state index in [0.717, 1.165) is 38.0 Å². The van der Waals surface area contributed by atoms with Crippen LogP contribution in [0, 0.1) is 11.7 Å². The highest BCUT2D eigenvalue weighted by Gasteiger charge is 2.43. The van der Waals surface area contributed by atoms with E-state index >= 15 is 0 Å². The lowest BCUT2D eigenvalue weighted by molar-refractivity contribution is -0.122. The lowest BCUT2D eigenvalue weighted by Gasteiger charge is -2.35. The Morgan fingerprint density at radius 2 is 1.79 bits per heavy atom. The van der Waals surface area contributed by atoms with E-state index in [4.69, 9.17) is 4.74 Å². The highest BCUT2D eigenvalue weighted by atomic mass is 19.1. The first kappa shape index (κ1) is 21.6. The van der Waals surface area contributed by atoms with Crippen LogP contribution in [0.3, 0.4) is 0 Å². The standard InChI is InChI=1S/C22H32FN3O3/c1-22(2,3)29-21(28)26-13-11-25(12-14-26)10-4-9-24-20(27)19-15-18(19)16-5-7-17(23)8-6-16/h5-8,18-19H,4,9-15H2,1-3H3,(H,24,27). The number of hydrogen-bond donors (Lipinski definition) is 1. The second-order valence-electron chi connectivity index (χ2n) is 8.95. The van der Waals surface area contributed by atoms with Gasteiger partial charge in [0.1, 0.15) is 11.4 Å². The van der Waals surface area contributed by atoms with E-state index in [1.54, 1.807) is 17.0 Å². The molecular formula is C22H32FN3O3. The van der Waals surface area contributed by atoms with Gasteiger partial charge in [-0.3, -0.25) is 9.69 Å². The number of carbonyl (C=O) groups is 2. The molecule has 0 radical (unpaired) electrons. The molecule has 2 aliphatic rings. The SMILES string of the molecule is CC(C)(C)OC(=O)N1CCN(CCCNC(=O)C2CC2c2ccc(F)cc2)CC1. The molecule has 1 aliphatic carbocycles. The number of amides is 2. The van der Waals surface area contributed by atoms with Gasteiger partial charge in [0.2, 0.25) is 5.91 Å². The zero-order chi connectivity index (χ0) is 21.0. The van der Waals surface area contributed by atoms with Crippen LogP contribution in [-0.4, -0.2) is 66.7 Å². The first-order valence-corrected chi connectivity index (χ1v) is 10.5. The van der Waals surface area contributed by atoms with Crippen molar-refractivity contribution in [3.63, 3.8) is 0 Å². The van der Waals surface area contributed by atoms with E-state index in [1.165, 1.54) is 12.1 Å². The average Bonchev–Trinajstić information content (AvgIpc) is 3.46. The molecule has 1 N–H and O–H groups in total. The minimum absolute atomic E-state index is 0.0119. The Bertz CT molecular complexity index is 709. The molecular weight excluding hydrogens is 373 g/mol. The molecule has 1 heterocycles. The molecule has 2 fully saturated rings. The van der Waals surface area contributed by atoms with Crippen LogP contribution < -0.4 is 5.32 Å². The number of ether oxygens (including phenoxy) is 1. The second kappa shape index (κ2) is 9.11. The molecule has 29 heavy (non-hydrogen) atoms. The van der Waals surface area contributed by atoms with Gasteiger partial charge in [0.25, 0.3) is 0 Å². The third-order valence-electron chi connectivity index (χ3n) is 5.40. The maximum atomic E-state index is 13.0. The number of rotatable bonds is 6. The van der Waals surface area contributed by atoms with Gasteiger partial charge in [0.15, 0.2) is 0 Å². The average molecular weight is 406 g/mol. The summed E-state index contributed by atoms with van der Waals surface area (Å²) in [5, 5.41) is 3.02. The summed E-state index contributed by atoms with van der Waals surface area (Å²) in [6, 6.07) is 6.44. The zero-order valence-electron chi connectivity index (χ0n) is 17.6. The molecule has 1 aliphatic heterocycles. The predicted octanol–water partition coefficient (Wildman–Crippen LogP) is 2.99. The number of nitrogens with one attached hydrogen (secondary N) is 1. The van der Waals surface area contributed by atoms with E-state index in [2.05, 4.69) is 10.2 Å². The fourth-order valence-corrected chi connectivity index (χ4v) is 3.69. The molecule has 3 rings (SSSR count). The largest absolute Gasteiger partial charge is 0.444 e. The number of hydrogen-bond acceptors (Lipinski definition) is 4. The number of halogens is 1. The third-order valence-corrected chi connectivity index (χ3v) is 5.40. The molecule has 0 spiro atoms. The van der Waals surface area contributed by atoms with Crippen LogP contribution in [-0.2, 0) is 9.53 Å². The van der Waals surface area contributed by atoms with Crippen LogP contribution in [0.15, 0.2) is 24.3 Å². The van der Waals surface area contributed by atoms with Gasteiger partial charge < -0.3 is 15.0 Å². The normalized spacial score (nSPS) is 22.3. The Labute approximate surface area is 172 Å². The maximum absolute atomic E-state index is 13.0. The molecule has 1 aromatic rings. The summed E-state index contributed by atoms with van der Waals surface area (Å²) in [6.07, 6.45) is 1.47. The van der Waals surface area contributed by atoms with Crippen molar-refractivity contribution in [3.05, 3.63) is 35.6 Å². The quantitative estimate of drug-likeness (QED) is 0.739. The number of carbonyl (C=O) groups excluding carboxylic acids is 2. The minimum Gasteiger partial charge on any atom is -0.444 e. The summed E-state index contributed by atoms with van der Waals surface area (Å²) in [6.45, 7) is 10.2. The van der Waals surface area contributed by atoms with Crippen LogP contribution in [0.4, 0.5) is 9.18 Å².